The third kappa shape index (κ3) is 3.37. The lowest BCUT2D eigenvalue weighted by atomic mass is 10.1. The molecule has 7 nitrogen and oxygen atoms in total. The Morgan fingerprint density at radius 3 is 2.38 bits per heavy atom. The Morgan fingerprint density at radius 1 is 1.17 bits per heavy atom. The standard InChI is InChI=1S/C14H14F3N5O2/c15-14(16,17)9-1-3-10(4-2-9)22-19-12(18-20-22)13(24)21-7-5-11(23)6-8-21/h1-4,11,23H,5-8H2. The lowest BCUT2D eigenvalue weighted by Gasteiger charge is -2.28. The fourth-order valence-corrected chi connectivity index (χ4v) is 2.40. The van der Waals surface area contributed by atoms with Crippen molar-refractivity contribution in [3.63, 3.8) is 0 Å². The van der Waals surface area contributed by atoms with Crippen LogP contribution in [0.3, 0.4) is 0 Å². The predicted molar refractivity (Wildman–Crippen MR) is 75.3 cm³/mol. The molecule has 1 aromatic heterocycles. The molecule has 1 N–H and O–H groups in total. The number of aromatic nitrogens is 4. The first-order valence-electron chi connectivity index (χ1n) is 7.29. The van der Waals surface area contributed by atoms with Crippen LogP contribution in [0.2, 0.25) is 0 Å². The fourth-order valence-electron chi connectivity index (χ4n) is 2.40. The number of aliphatic hydroxyl groups excluding tert-OH is 1. The van der Waals surface area contributed by atoms with Crippen molar-refractivity contribution in [2.45, 2.75) is 25.1 Å². The Hall–Kier alpha value is -2.49. The molecule has 1 aromatic carbocycles. The van der Waals surface area contributed by atoms with Gasteiger partial charge in [-0.3, -0.25) is 4.79 Å². The van der Waals surface area contributed by atoms with Crippen LogP contribution in [0.15, 0.2) is 24.3 Å². The number of hydrogen-bond acceptors (Lipinski definition) is 5. The molecule has 10 heteroatoms. The summed E-state index contributed by atoms with van der Waals surface area (Å²) >= 11 is 0. The second-order valence-corrected chi connectivity index (χ2v) is 5.47. The Balaban J connectivity index is 1.74. The van der Waals surface area contributed by atoms with E-state index in [2.05, 4.69) is 15.4 Å². The zero-order valence-electron chi connectivity index (χ0n) is 12.4. The van der Waals surface area contributed by atoms with E-state index in [1.807, 2.05) is 0 Å². The maximum atomic E-state index is 12.5. The van der Waals surface area contributed by atoms with Crippen molar-refractivity contribution in [3.8, 4) is 5.69 Å². The average molecular weight is 341 g/mol. The van der Waals surface area contributed by atoms with Crippen molar-refractivity contribution in [2.75, 3.05) is 13.1 Å². The maximum Gasteiger partial charge on any atom is 0.416 e. The molecule has 0 radical (unpaired) electrons. The van der Waals surface area contributed by atoms with Crippen molar-refractivity contribution in [3.05, 3.63) is 35.7 Å². The van der Waals surface area contributed by atoms with E-state index < -0.39 is 23.8 Å². The van der Waals surface area contributed by atoms with E-state index in [1.54, 1.807) is 0 Å². The number of piperidine rings is 1. The van der Waals surface area contributed by atoms with Gasteiger partial charge in [0.1, 0.15) is 0 Å². The van der Waals surface area contributed by atoms with E-state index in [0.717, 1.165) is 16.9 Å². The summed E-state index contributed by atoms with van der Waals surface area (Å²) in [5.41, 5.74) is -0.516. The largest absolute Gasteiger partial charge is 0.416 e. The normalized spacial score (nSPS) is 16.4. The molecular formula is C14H14F3N5O2. The van der Waals surface area contributed by atoms with Gasteiger partial charge < -0.3 is 10.0 Å². The summed E-state index contributed by atoms with van der Waals surface area (Å²) in [6.45, 7) is 0.795. The summed E-state index contributed by atoms with van der Waals surface area (Å²) < 4.78 is 37.6. The Kier molecular flexibility index (Phi) is 4.22. The molecule has 0 bridgehead atoms. The van der Waals surface area contributed by atoms with Crippen molar-refractivity contribution in [2.24, 2.45) is 0 Å². The number of rotatable bonds is 2. The van der Waals surface area contributed by atoms with Crippen LogP contribution in [-0.4, -0.2) is 55.3 Å². The number of benzene rings is 1. The van der Waals surface area contributed by atoms with E-state index in [-0.39, 0.29) is 11.5 Å². The number of halogens is 3. The highest BCUT2D eigenvalue weighted by Crippen LogP contribution is 2.29. The molecule has 2 heterocycles. The Labute approximate surface area is 134 Å². The van der Waals surface area contributed by atoms with Gasteiger partial charge in [-0.25, -0.2) is 0 Å². The molecule has 128 valence electrons. The zero-order chi connectivity index (χ0) is 17.3. The van der Waals surface area contributed by atoms with Gasteiger partial charge in [0.2, 0.25) is 0 Å². The molecule has 0 aliphatic carbocycles. The maximum absolute atomic E-state index is 12.5. The minimum atomic E-state index is -4.42. The molecule has 1 saturated heterocycles. The van der Waals surface area contributed by atoms with Gasteiger partial charge in [-0.1, -0.05) is 0 Å². The van der Waals surface area contributed by atoms with Gasteiger partial charge in [-0.15, -0.1) is 15.0 Å². The van der Waals surface area contributed by atoms with E-state index >= 15 is 0 Å². The van der Waals surface area contributed by atoms with E-state index in [0.29, 0.717) is 25.9 Å². The summed E-state index contributed by atoms with van der Waals surface area (Å²) in [7, 11) is 0. The van der Waals surface area contributed by atoms with Crippen molar-refractivity contribution >= 4 is 5.91 Å². The van der Waals surface area contributed by atoms with Gasteiger partial charge in [0.05, 0.1) is 17.4 Å². The van der Waals surface area contributed by atoms with Crippen LogP contribution in [0.1, 0.15) is 29.0 Å². The summed E-state index contributed by atoms with van der Waals surface area (Å²) in [5.74, 6) is -0.550. The molecule has 1 fully saturated rings. The SMILES string of the molecule is O=C(c1nnn(-c2ccc(C(F)(F)F)cc2)n1)N1CCC(O)CC1. The smallest absolute Gasteiger partial charge is 0.393 e. The van der Waals surface area contributed by atoms with Crippen LogP contribution in [0.25, 0.3) is 5.69 Å². The first-order chi connectivity index (χ1) is 11.3. The lowest BCUT2D eigenvalue weighted by molar-refractivity contribution is -0.137. The van der Waals surface area contributed by atoms with Crippen LogP contribution < -0.4 is 0 Å². The van der Waals surface area contributed by atoms with Crippen LogP contribution in [0, 0.1) is 0 Å². The lowest BCUT2D eigenvalue weighted by Crippen LogP contribution is -2.40. The highest BCUT2D eigenvalue weighted by Gasteiger charge is 2.30. The number of aliphatic hydroxyl groups is 1. The number of amides is 1. The average Bonchev–Trinajstić information content (AvgIpc) is 3.04. The van der Waals surface area contributed by atoms with E-state index in [9.17, 15) is 23.1 Å². The van der Waals surface area contributed by atoms with Gasteiger partial charge >= 0.3 is 6.18 Å². The minimum Gasteiger partial charge on any atom is -0.393 e. The highest BCUT2D eigenvalue weighted by molar-refractivity contribution is 5.90. The minimum absolute atomic E-state index is 0.133. The third-order valence-corrected chi connectivity index (χ3v) is 3.78. The number of tetrazole rings is 1. The predicted octanol–water partition coefficient (Wildman–Crippen LogP) is 1.28. The molecule has 0 atom stereocenters. The van der Waals surface area contributed by atoms with Gasteiger partial charge in [0.15, 0.2) is 0 Å². The monoisotopic (exact) mass is 341 g/mol. The number of nitrogens with zero attached hydrogens (tertiary/aromatic N) is 5. The van der Waals surface area contributed by atoms with E-state index in [4.69, 9.17) is 0 Å². The second-order valence-electron chi connectivity index (χ2n) is 5.47. The quantitative estimate of drug-likeness (QED) is 0.889. The molecule has 24 heavy (non-hydrogen) atoms. The van der Waals surface area contributed by atoms with Crippen molar-refractivity contribution < 1.29 is 23.1 Å². The summed E-state index contributed by atoms with van der Waals surface area (Å²) in [6, 6.07) is 4.23. The Bertz CT molecular complexity index is 721. The molecule has 1 aliphatic heterocycles. The summed E-state index contributed by atoms with van der Waals surface area (Å²) in [6.07, 6.45) is -3.86. The molecule has 0 saturated carbocycles. The summed E-state index contributed by atoms with van der Waals surface area (Å²) in [5, 5.41) is 20.7. The van der Waals surface area contributed by atoms with Gasteiger partial charge in [0.25, 0.3) is 11.7 Å². The zero-order valence-corrected chi connectivity index (χ0v) is 12.4. The number of carbonyl (C=O) groups excluding carboxylic acids is 1. The first-order valence-corrected chi connectivity index (χ1v) is 7.29. The van der Waals surface area contributed by atoms with Crippen LogP contribution in [0.4, 0.5) is 13.2 Å². The molecule has 0 unspecified atom stereocenters. The van der Waals surface area contributed by atoms with Gasteiger partial charge in [-0.05, 0) is 42.3 Å². The Morgan fingerprint density at radius 2 is 1.79 bits per heavy atom. The van der Waals surface area contributed by atoms with E-state index in [1.165, 1.54) is 17.0 Å². The number of carbonyl (C=O) groups is 1. The number of likely N-dealkylation sites (tertiary alicyclic amines) is 1. The second kappa shape index (κ2) is 6.19. The third-order valence-electron chi connectivity index (χ3n) is 3.78. The van der Waals surface area contributed by atoms with Crippen LogP contribution in [0.5, 0.6) is 0 Å². The van der Waals surface area contributed by atoms with Crippen LogP contribution in [-0.2, 0) is 6.18 Å². The highest BCUT2D eigenvalue weighted by atomic mass is 19.4. The van der Waals surface area contributed by atoms with Crippen molar-refractivity contribution in [1.82, 2.24) is 25.1 Å². The van der Waals surface area contributed by atoms with Gasteiger partial charge in [-0.2, -0.15) is 13.2 Å². The molecule has 3 rings (SSSR count). The molecule has 1 amide bonds. The fraction of sp³-hybridized carbons (Fsp3) is 0.429. The number of alkyl halides is 3. The van der Waals surface area contributed by atoms with Crippen LogP contribution >= 0.6 is 0 Å². The van der Waals surface area contributed by atoms with Crippen molar-refractivity contribution in [1.29, 1.82) is 0 Å². The topological polar surface area (TPSA) is 84.1 Å². The molecule has 1 aliphatic rings. The first kappa shape index (κ1) is 16.4. The van der Waals surface area contributed by atoms with Gasteiger partial charge in [0, 0.05) is 13.1 Å². The molecular weight excluding hydrogens is 327 g/mol. The molecule has 2 aromatic rings. The number of hydrogen-bond donors (Lipinski definition) is 1. The molecule has 0 spiro atoms. The summed E-state index contributed by atoms with van der Waals surface area (Å²) in [4.78, 5) is 14.8.